The fourth-order valence-electron chi connectivity index (χ4n) is 4.72. The van der Waals surface area contributed by atoms with E-state index >= 15 is 0 Å². The molecular formula is C32H39ClN8O4S. The third-order valence-corrected chi connectivity index (χ3v) is 8.44. The molecule has 0 atom stereocenters. The highest BCUT2D eigenvalue weighted by atomic mass is 35.5. The van der Waals surface area contributed by atoms with E-state index in [0.29, 0.717) is 52.1 Å². The maximum Gasteiger partial charge on any atom is 0.272 e. The molecule has 0 aliphatic rings. The van der Waals surface area contributed by atoms with E-state index in [4.69, 9.17) is 11.6 Å². The van der Waals surface area contributed by atoms with Crippen LogP contribution in [0.15, 0.2) is 66.0 Å². The molecule has 14 heteroatoms. The molecule has 0 aliphatic heterocycles. The van der Waals surface area contributed by atoms with Crippen molar-refractivity contribution in [3.63, 3.8) is 0 Å². The van der Waals surface area contributed by atoms with Gasteiger partial charge in [-0.1, -0.05) is 0 Å². The Kier molecular flexibility index (Phi) is 11.7. The van der Waals surface area contributed by atoms with E-state index in [9.17, 15) is 19.2 Å². The Morgan fingerprint density at radius 3 is 1.63 bits per heavy atom. The van der Waals surface area contributed by atoms with Crippen LogP contribution in [0.1, 0.15) is 48.2 Å². The van der Waals surface area contributed by atoms with Crippen LogP contribution in [0.5, 0.6) is 0 Å². The number of rotatable bonds is 14. The van der Waals surface area contributed by atoms with Crippen LogP contribution in [0, 0.1) is 0 Å². The predicted octanol–water partition coefficient (Wildman–Crippen LogP) is 4.47. The number of aryl methyl sites for hydroxylation is 3. The minimum absolute atomic E-state index is 0.222. The van der Waals surface area contributed by atoms with Crippen LogP contribution in [0.4, 0.5) is 17.1 Å². The number of carbonyl (C=O) groups excluding carboxylic acids is 4. The minimum Gasteiger partial charge on any atom is -0.351 e. The molecule has 12 nitrogen and oxygen atoms in total. The number of carbonyl (C=O) groups is 4. The molecule has 3 heterocycles. The zero-order chi connectivity index (χ0) is 33.4. The molecule has 244 valence electrons. The van der Waals surface area contributed by atoms with E-state index in [-0.39, 0.29) is 11.8 Å². The quantitative estimate of drug-likeness (QED) is 0.0892. The van der Waals surface area contributed by atoms with Gasteiger partial charge in [0.05, 0.1) is 17.1 Å². The lowest BCUT2D eigenvalue weighted by Gasteiger charge is -2.10. The van der Waals surface area contributed by atoms with Crippen molar-refractivity contribution in [1.82, 2.24) is 23.9 Å². The maximum atomic E-state index is 13.1. The maximum absolute atomic E-state index is 13.1. The van der Waals surface area contributed by atoms with Crippen LogP contribution < -0.4 is 21.3 Å². The van der Waals surface area contributed by atoms with Gasteiger partial charge in [-0.05, 0) is 69.5 Å². The van der Waals surface area contributed by atoms with Crippen molar-refractivity contribution in [1.29, 1.82) is 0 Å². The van der Waals surface area contributed by atoms with Crippen LogP contribution in [0.3, 0.4) is 0 Å². The normalized spacial score (nSPS) is 11.0. The molecule has 1 aromatic carbocycles. The summed E-state index contributed by atoms with van der Waals surface area (Å²) in [7, 11) is 9.09. The zero-order valence-electron chi connectivity index (χ0n) is 26.5. The van der Waals surface area contributed by atoms with Gasteiger partial charge in [0.2, 0.25) is 0 Å². The fourth-order valence-corrected chi connectivity index (χ4v) is 5.59. The fraction of sp³-hybridized carbons (Fsp3) is 0.312. The van der Waals surface area contributed by atoms with Gasteiger partial charge in [0, 0.05) is 68.4 Å². The van der Waals surface area contributed by atoms with Crippen molar-refractivity contribution in [3.8, 4) is 0 Å². The van der Waals surface area contributed by atoms with Crippen LogP contribution in [-0.2, 0) is 21.1 Å². The Morgan fingerprint density at radius 1 is 0.717 bits per heavy atom. The molecule has 0 unspecified atom stereocenters. The van der Waals surface area contributed by atoms with Crippen LogP contribution in [0.2, 0.25) is 0 Å². The third-order valence-electron chi connectivity index (χ3n) is 7.02. The second-order valence-electron chi connectivity index (χ2n) is 11.0. The van der Waals surface area contributed by atoms with Crippen molar-refractivity contribution in [2.45, 2.75) is 11.3 Å². The number of anilines is 3. The van der Waals surface area contributed by atoms with Crippen LogP contribution in [0.25, 0.3) is 0 Å². The molecule has 0 saturated heterocycles. The number of amides is 4. The molecule has 3 aromatic heterocycles. The number of hydrogen-bond acceptors (Lipinski definition) is 6. The summed E-state index contributed by atoms with van der Waals surface area (Å²) >= 11 is 7.35. The minimum atomic E-state index is -0.412. The summed E-state index contributed by atoms with van der Waals surface area (Å²) < 4.78 is 4.87. The summed E-state index contributed by atoms with van der Waals surface area (Å²) in [5, 5.41) is 11.4. The van der Waals surface area contributed by atoms with Gasteiger partial charge in [0.1, 0.15) is 17.1 Å². The second kappa shape index (κ2) is 15.7. The molecule has 0 radical (unpaired) electrons. The number of halogens is 1. The smallest absolute Gasteiger partial charge is 0.272 e. The summed E-state index contributed by atoms with van der Waals surface area (Å²) in [5.74, 6) is 0.00356. The van der Waals surface area contributed by atoms with Gasteiger partial charge >= 0.3 is 0 Å². The topological polar surface area (TPSA) is 134 Å². The van der Waals surface area contributed by atoms with Gasteiger partial charge in [-0.15, -0.1) is 23.4 Å². The van der Waals surface area contributed by atoms with E-state index in [0.717, 1.165) is 23.6 Å². The van der Waals surface area contributed by atoms with Crippen molar-refractivity contribution in [3.05, 3.63) is 83.7 Å². The Balaban J connectivity index is 1.35. The van der Waals surface area contributed by atoms with E-state index in [2.05, 4.69) is 26.2 Å². The lowest BCUT2D eigenvalue weighted by Crippen LogP contribution is -2.28. The molecule has 0 aliphatic carbocycles. The van der Waals surface area contributed by atoms with Crippen LogP contribution >= 0.6 is 23.4 Å². The first-order valence-corrected chi connectivity index (χ1v) is 16.1. The van der Waals surface area contributed by atoms with Crippen LogP contribution in [-0.4, -0.2) is 81.0 Å². The van der Waals surface area contributed by atoms with E-state index in [1.54, 1.807) is 95.5 Å². The Hall–Kier alpha value is -4.46. The lowest BCUT2D eigenvalue weighted by atomic mass is 10.2. The molecule has 4 rings (SSSR count). The first-order chi connectivity index (χ1) is 21.9. The number of nitrogens with zero attached hydrogens (tertiary/aromatic N) is 4. The lowest BCUT2D eigenvalue weighted by molar-refractivity contribution is 0.0942. The summed E-state index contributed by atoms with van der Waals surface area (Å²) in [6, 6.07) is 12.0. The number of aromatic nitrogens is 3. The van der Waals surface area contributed by atoms with E-state index in [1.165, 1.54) is 0 Å². The average Bonchev–Trinajstić information content (AvgIpc) is 3.69. The number of hydrogen-bond donors (Lipinski definition) is 4. The molecular weight excluding hydrogens is 628 g/mol. The number of thioether (sulfide) groups is 1. The number of benzene rings is 1. The second-order valence-corrected chi connectivity index (χ2v) is 12.6. The Bertz CT molecular complexity index is 1710. The van der Waals surface area contributed by atoms with E-state index in [1.807, 2.05) is 26.2 Å². The average molecular weight is 667 g/mol. The van der Waals surface area contributed by atoms with Gasteiger partial charge in [-0.2, -0.15) is 0 Å². The molecule has 4 N–H and O–H groups in total. The molecule has 4 aromatic rings. The monoisotopic (exact) mass is 666 g/mol. The van der Waals surface area contributed by atoms with Crippen molar-refractivity contribution in [2.24, 2.45) is 21.1 Å². The Labute approximate surface area is 277 Å². The molecule has 4 amide bonds. The largest absolute Gasteiger partial charge is 0.351 e. The van der Waals surface area contributed by atoms with Crippen molar-refractivity contribution < 1.29 is 19.2 Å². The summed E-state index contributed by atoms with van der Waals surface area (Å²) in [6.07, 6.45) is 5.78. The van der Waals surface area contributed by atoms with Crippen molar-refractivity contribution >= 4 is 64.1 Å². The Morgan fingerprint density at radius 2 is 1.17 bits per heavy atom. The predicted molar refractivity (Wildman–Crippen MR) is 183 cm³/mol. The molecule has 0 fully saturated rings. The SMILES string of the molecule is CN(C)CCCNC(=O)c1cc(NC(=O)c2cc(NC(=O)c3cc(NC(=O)c4ccc(SCCCl)cc4)cn3C)cn2C)cn1C. The number of nitrogens with one attached hydrogen (secondary N) is 4. The van der Waals surface area contributed by atoms with Gasteiger partial charge in [0.15, 0.2) is 0 Å². The summed E-state index contributed by atoms with van der Waals surface area (Å²) in [5.41, 5.74) is 2.89. The first kappa shape index (κ1) is 34.4. The first-order valence-electron chi connectivity index (χ1n) is 14.6. The van der Waals surface area contributed by atoms with Gasteiger partial charge in [-0.3, -0.25) is 19.2 Å². The summed E-state index contributed by atoms with van der Waals surface area (Å²) in [6.45, 7) is 1.41. The van der Waals surface area contributed by atoms with E-state index < -0.39 is 11.8 Å². The van der Waals surface area contributed by atoms with Gasteiger partial charge in [-0.25, -0.2) is 0 Å². The molecule has 46 heavy (non-hydrogen) atoms. The zero-order valence-corrected chi connectivity index (χ0v) is 28.1. The highest BCUT2D eigenvalue weighted by molar-refractivity contribution is 7.99. The molecule has 0 spiro atoms. The van der Waals surface area contributed by atoms with Crippen molar-refractivity contribution in [2.75, 3.05) is 54.8 Å². The number of alkyl halides is 1. The molecule has 0 bridgehead atoms. The standard InChI is InChI=1S/C32H39ClN8O4S/c1-38(2)13-6-12-34-30(43)26-15-23(19-39(26)3)36-32(45)28-17-24(20-41(28)5)37-31(44)27-16-22(18-40(27)4)35-29(42)21-7-9-25(10-8-21)46-14-11-33/h7-10,15-20H,6,11-14H2,1-5H3,(H,34,43)(H,35,42)(H,36,45)(H,37,44). The highest BCUT2D eigenvalue weighted by Crippen LogP contribution is 2.22. The highest BCUT2D eigenvalue weighted by Gasteiger charge is 2.19. The van der Waals surface area contributed by atoms with Gasteiger partial charge < -0.3 is 39.9 Å². The molecule has 0 saturated carbocycles. The van der Waals surface area contributed by atoms with Gasteiger partial charge in [0.25, 0.3) is 23.6 Å². The third kappa shape index (κ3) is 9.05. The summed E-state index contributed by atoms with van der Waals surface area (Å²) in [4.78, 5) is 54.7.